The van der Waals surface area contributed by atoms with Crippen molar-refractivity contribution in [3.05, 3.63) is 41.0 Å². The molecule has 1 aromatic rings. The monoisotopic (exact) mass is 230 g/mol. The van der Waals surface area contributed by atoms with Gasteiger partial charge in [-0.15, -0.1) is 0 Å². The van der Waals surface area contributed by atoms with E-state index in [1.54, 1.807) is 18.2 Å². The predicted molar refractivity (Wildman–Crippen MR) is 60.4 cm³/mol. The average Bonchev–Trinajstić information content (AvgIpc) is 2.32. The topological polar surface area (TPSA) is 60.4 Å². The van der Waals surface area contributed by atoms with Crippen molar-refractivity contribution >= 4 is 17.3 Å². The summed E-state index contributed by atoms with van der Waals surface area (Å²) in [7, 11) is 1.42. The van der Waals surface area contributed by atoms with Crippen LogP contribution in [0.3, 0.4) is 0 Å². The fourth-order valence-electron chi connectivity index (χ4n) is 1.81. The summed E-state index contributed by atoms with van der Waals surface area (Å²) in [5.74, 6) is -0.902. The minimum atomic E-state index is -0.454. The molecule has 0 radical (unpaired) electrons. The maximum Gasteiger partial charge on any atom is 0.201 e. The molecule has 86 valence electrons. The van der Waals surface area contributed by atoms with Gasteiger partial charge in [0.25, 0.3) is 0 Å². The van der Waals surface area contributed by atoms with Crippen LogP contribution in [-0.2, 0) is 4.79 Å². The maximum atomic E-state index is 12.1. The van der Waals surface area contributed by atoms with Crippen LogP contribution in [0.4, 0.5) is 0 Å². The van der Waals surface area contributed by atoms with E-state index in [1.165, 1.54) is 14.0 Å². The van der Waals surface area contributed by atoms with Crippen molar-refractivity contribution < 1.29 is 19.1 Å². The van der Waals surface area contributed by atoms with Crippen LogP contribution in [0.15, 0.2) is 29.8 Å². The van der Waals surface area contributed by atoms with Crippen LogP contribution in [0.2, 0.25) is 0 Å². The van der Waals surface area contributed by atoms with Gasteiger partial charge >= 0.3 is 0 Å². The van der Waals surface area contributed by atoms with E-state index in [-0.39, 0.29) is 22.5 Å². The third-order valence-corrected chi connectivity index (χ3v) is 2.64. The summed E-state index contributed by atoms with van der Waals surface area (Å²) in [6.07, 6.45) is 1.09. The van der Waals surface area contributed by atoms with Crippen LogP contribution in [0.25, 0.3) is 0 Å². The third-order valence-electron chi connectivity index (χ3n) is 2.64. The molecule has 0 unspecified atom stereocenters. The van der Waals surface area contributed by atoms with E-state index >= 15 is 0 Å². The molecule has 0 aromatic heterocycles. The largest absolute Gasteiger partial charge is 0.496 e. The van der Waals surface area contributed by atoms with Crippen molar-refractivity contribution in [3.63, 3.8) is 0 Å². The Balaban J connectivity index is 2.69. The standard InChI is InChI=1S/C13H10O4/c1-7(14)9-6-10(15)8-4-3-5-11(17-2)12(8)13(9)16/h3-6H,1-2H3. The number of carbonyl (C=O) groups is 3. The molecule has 0 N–H and O–H groups in total. The molecule has 0 saturated heterocycles. The number of Topliss-reactive ketones (excluding diaryl/α,β-unsaturated/α-hetero) is 2. The Hall–Kier alpha value is -2.23. The van der Waals surface area contributed by atoms with E-state index in [1.807, 2.05) is 0 Å². The number of rotatable bonds is 2. The Kier molecular flexibility index (Phi) is 2.63. The van der Waals surface area contributed by atoms with Gasteiger partial charge in [0.05, 0.1) is 18.2 Å². The van der Waals surface area contributed by atoms with Crippen molar-refractivity contribution in [3.8, 4) is 5.75 Å². The first-order valence-corrected chi connectivity index (χ1v) is 5.05. The molecular formula is C13H10O4. The highest BCUT2D eigenvalue weighted by atomic mass is 16.5. The Morgan fingerprint density at radius 1 is 1.24 bits per heavy atom. The van der Waals surface area contributed by atoms with Gasteiger partial charge in [0.2, 0.25) is 5.78 Å². The van der Waals surface area contributed by atoms with Gasteiger partial charge in [-0.2, -0.15) is 0 Å². The lowest BCUT2D eigenvalue weighted by molar-refractivity contribution is -0.113. The molecule has 0 amide bonds. The van der Waals surface area contributed by atoms with Crippen LogP contribution in [-0.4, -0.2) is 24.5 Å². The molecule has 4 nitrogen and oxygen atoms in total. The normalized spacial score (nSPS) is 14.1. The molecule has 2 rings (SSSR count). The van der Waals surface area contributed by atoms with E-state index in [4.69, 9.17) is 4.74 Å². The smallest absolute Gasteiger partial charge is 0.201 e. The van der Waals surface area contributed by atoms with Gasteiger partial charge in [-0.25, -0.2) is 0 Å². The van der Waals surface area contributed by atoms with Gasteiger partial charge in [-0.05, 0) is 13.0 Å². The number of carbonyl (C=O) groups excluding carboxylic acids is 3. The summed E-state index contributed by atoms with van der Waals surface area (Å²) in [6, 6.07) is 4.77. The number of benzene rings is 1. The van der Waals surface area contributed by atoms with Gasteiger partial charge in [-0.1, -0.05) is 12.1 Å². The predicted octanol–water partition coefficient (Wildman–Crippen LogP) is 1.59. The molecule has 4 heteroatoms. The van der Waals surface area contributed by atoms with E-state index in [9.17, 15) is 14.4 Å². The van der Waals surface area contributed by atoms with Crippen LogP contribution in [0.1, 0.15) is 27.6 Å². The second-order valence-electron chi connectivity index (χ2n) is 3.69. The molecule has 0 spiro atoms. The maximum absolute atomic E-state index is 12.1. The SMILES string of the molecule is COc1cccc2c1C(=O)C(C(C)=O)=CC2=O. The number of fused-ring (bicyclic) bond motifs is 1. The van der Waals surface area contributed by atoms with Crippen LogP contribution in [0, 0.1) is 0 Å². The molecule has 1 aromatic carbocycles. The summed E-state index contributed by atoms with van der Waals surface area (Å²) < 4.78 is 5.05. The number of hydrogen-bond donors (Lipinski definition) is 0. The fraction of sp³-hybridized carbons (Fsp3) is 0.154. The van der Waals surface area contributed by atoms with E-state index in [2.05, 4.69) is 0 Å². The number of ether oxygens (including phenoxy) is 1. The zero-order valence-corrected chi connectivity index (χ0v) is 9.44. The number of ketones is 3. The van der Waals surface area contributed by atoms with Crippen molar-refractivity contribution in [2.45, 2.75) is 6.92 Å². The molecule has 0 saturated carbocycles. The highest BCUT2D eigenvalue weighted by Crippen LogP contribution is 2.29. The summed E-state index contributed by atoms with van der Waals surface area (Å²) >= 11 is 0. The Morgan fingerprint density at radius 2 is 1.94 bits per heavy atom. The van der Waals surface area contributed by atoms with E-state index in [0.29, 0.717) is 5.75 Å². The van der Waals surface area contributed by atoms with Crippen LogP contribution in [0.5, 0.6) is 5.75 Å². The summed E-state index contributed by atoms with van der Waals surface area (Å²) in [5, 5.41) is 0. The molecule has 0 atom stereocenters. The van der Waals surface area contributed by atoms with Gasteiger partial charge in [0.15, 0.2) is 11.6 Å². The molecule has 1 aliphatic rings. The minimum Gasteiger partial charge on any atom is -0.496 e. The number of methoxy groups -OCH3 is 1. The minimum absolute atomic E-state index is 0.0907. The Labute approximate surface area is 97.9 Å². The first kappa shape index (κ1) is 11.3. The zero-order chi connectivity index (χ0) is 12.6. The second-order valence-corrected chi connectivity index (χ2v) is 3.69. The first-order valence-electron chi connectivity index (χ1n) is 5.05. The van der Waals surface area contributed by atoms with Crippen molar-refractivity contribution in [2.75, 3.05) is 7.11 Å². The second kappa shape index (κ2) is 3.97. The number of allylic oxidation sites excluding steroid dienone is 2. The fourth-order valence-corrected chi connectivity index (χ4v) is 1.81. The molecule has 0 aliphatic heterocycles. The first-order chi connectivity index (χ1) is 8.06. The van der Waals surface area contributed by atoms with Crippen LogP contribution < -0.4 is 4.74 Å². The summed E-state index contributed by atoms with van der Waals surface area (Å²) in [6.45, 7) is 1.26. The van der Waals surface area contributed by atoms with E-state index in [0.717, 1.165) is 6.08 Å². The summed E-state index contributed by atoms with van der Waals surface area (Å²) in [4.78, 5) is 35.1. The van der Waals surface area contributed by atoms with Gasteiger partial charge < -0.3 is 4.74 Å². The molecular weight excluding hydrogens is 220 g/mol. The zero-order valence-electron chi connectivity index (χ0n) is 9.44. The summed E-state index contributed by atoms with van der Waals surface area (Å²) in [5.41, 5.74) is 0.360. The molecule has 0 fully saturated rings. The molecule has 17 heavy (non-hydrogen) atoms. The van der Waals surface area contributed by atoms with Gasteiger partial charge in [0, 0.05) is 11.6 Å². The highest BCUT2D eigenvalue weighted by molar-refractivity contribution is 6.35. The van der Waals surface area contributed by atoms with Crippen molar-refractivity contribution in [2.24, 2.45) is 0 Å². The lowest BCUT2D eigenvalue weighted by Crippen LogP contribution is -2.21. The Bertz CT molecular complexity index is 567. The van der Waals surface area contributed by atoms with Gasteiger partial charge in [0.1, 0.15) is 5.75 Å². The third kappa shape index (κ3) is 1.67. The molecule has 0 bridgehead atoms. The van der Waals surface area contributed by atoms with Crippen LogP contribution >= 0.6 is 0 Å². The lowest BCUT2D eigenvalue weighted by atomic mass is 9.87. The molecule has 1 aliphatic carbocycles. The van der Waals surface area contributed by atoms with E-state index < -0.39 is 11.6 Å². The van der Waals surface area contributed by atoms with Crippen molar-refractivity contribution in [1.29, 1.82) is 0 Å². The molecule has 0 heterocycles. The van der Waals surface area contributed by atoms with Crippen molar-refractivity contribution in [1.82, 2.24) is 0 Å². The average molecular weight is 230 g/mol. The number of hydrogen-bond acceptors (Lipinski definition) is 4. The lowest BCUT2D eigenvalue weighted by Gasteiger charge is -2.15. The quantitative estimate of drug-likeness (QED) is 0.724. The van der Waals surface area contributed by atoms with Gasteiger partial charge in [-0.3, -0.25) is 14.4 Å². The Morgan fingerprint density at radius 3 is 2.53 bits per heavy atom. The highest BCUT2D eigenvalue weighted by Gasteiger charge is 2.30.